The molecule has 0 unspecified atom stereocenters. The normalized spacial score (nSPS) is 18.1. The monoisotopic (exact) mass is 588 g/mol. The Morgan fingerprint density at radius 3 is 1.81 bits per heavy atom. The second-order valence-corrected chi connectivity index (χ2v) is 12.4. The van der Waals surface area contributed by atoms with E-state index in [2.05, 4.69) is 12.1 Å². The maximum absolute atomic E-state index is 12.7. The summed E-state index contributed by atoms with van der Waals surface area (Å²) in [6.07, 6.45) is -0.336. The predicted octanol–water partition coefficient (Wildman–Crippen LogP) is 6.47. The van der Waals surface area contributed by atoms with Crippen LogP contribution in [0.2, 0.25) is 0 Å². The Morgan fingerprint density at radius 2 is 1.21 bits per heavy atom. The van der Waals surface area contributed by atoms with Crippen molar-refractivity contribution < 1.29 is 31.5 Å². The van der Waals surface area contributed by atoms with Gasteiger partial charge in [-0.15, -0.1) is 0 Å². The second kappa shape index (κ2) is 13.1. The summed E-state index contributed by atoms with van der Waals surface area (Å²) in [6.45, 7) is 6.01. The maximum Gasteiger partial charge on any atom is 0.297 e. The molecule has 0 aliphatic carbocycles. The largest absolute Gasteiger partial charge is 0.491 e. The van der Waals surface area contributed by atoms with E-state index >= 15 is 0 Å². The van der Waals surface area contributed by atoms with Gasteiger partial charge in [0.2, 0.25) is 0 Å². The highest BCUT2D eigenvalue weighted by molar-refractivity contribution is 7.86. The van der Waals surface area contributed by atoms with Crippen LogP contribution in [0.5, 0.6) is 11.5 Å². The van der Waals surface area contributed by atoms with Crippen molar-refractivity contribution in [3.63, 3.8) is 0 Å². The number of benzene rings is 4. The van der Waals surface area contributed by atoms with Crippen LogP contribution in [0.4, 0.5) is 0 Å². The van der Waals surface area contributed by atoms with Crippen LogP contribution in [-0.2, 0) is 36.8 Å². The van der Waals surface area contributed by atoms with Crippen molar-refractivity contribution in [2.45, 2.75) is 56.7 Å². The molecule has 4 aromatic rings. The molecule has 8 heteroatoms. The summed E-state index contributed by atoms with van der Waals surface area (Å²) < 4.78 is 54.4. The Kier molecular flexibility index (Phi) is 9.28. The van der Waals surface area contributed by atoms with E-state index < -0.39 is 28.1 Å². The fourth-order valence-electron chi connectivity index (χ4n) is 4.68. The van der Waals surface area contributed by atoms with E-state index in [1.54, 1.807) is 26.0 Å². The molecule has 1 fully saturated rings. The third-order valence-electron chi connectivity index (χ3n) is 6.90. The van der Waals surface area contributed by atoms with Gasteiger partial charge in [-0.05, 0) is 80.3 Å². The van der Waals surface area contributed by atoms with E-state index in [4.69, 9.17) is 23.1 Å². The molecule has 1 aliphatic rings. The van der Waals surface area contributed by atoms with Gasteiger partial charge in [-0.3, -0.25) is 4.18 Å². The molecule has 1 aliphatic heterocycles. The minimum Gasteiger partial charge on any atom is -0.491 e. The minimum absolute atomic E-state index is 0.103. The van der Waals surface area contributed by atoms with Gasteiger partial charge >= 0.3 is 0 Å². The first-order valence-corrected chi connectivity index (χ1v) is 15.4. The van der Waals surface area contributed by atoms with Crippen LogP contribution < -0.4 is 9.47 Å². The molecule has 7 nitrogen and oxygen atoms in total. The van der Waals surface area contributed by atoms with Crippen molar-refractivity contribution in [2.75, 3.05) is 13.2 Å². The smallest absolute Gasteiger partial charge is 0.297 e. The molecule has 0 saturated carbocycles. The van der Waals surface area contributed by atoms with Gasteiger partial charge in [-0.25, -0.2) is 0 Å². The third-order valence-corrected chi connectivity index (χ3v) is 8.20. The lowest BCUT2D eigenvalue weighted by molar-refractivity contribution is -0.150. The third kappa shape index (κ3) is 8.20. The summed E-state index contributed by atoms with van der Waals surface area (Å²) >= 11 is 0. The minimum atomic E-state index is -3.92. The SMILES string of the molecule is Cc1ccc(S(=O)(=O)OC[C@@H]2OC(C)(C)O[C@H]2COc2ccc(Cc3ccc(OCc4ccccc4)cc3)cc2)cc1. The Labute approximate surface area is 248 Å². The molecule has 42 heavy (non-hydrogen) atoms. The summed E-state index contributed by atoms with van der Waals surface area (Å²) in [6, 6.07) is 32.6. The van der Waals surface area contributed by atoms with Gasteiger partial charge in [0.25, 0.3) is 10.1 Å². The van der Waals surface area contributed by atoms with Crippen LogP contribution >= 0.6 is 0 Å². The molecule has 0 spiro atoms. The predicted molar refractivity (Wildman–Crippen MR) is 160 cm³/mol. The van der Waals surface area contributed by atoms with Crippen LogP contribution in [0.3, 0.4) is 0 Å². The lowest BCUT2D eigenvalue weighted by Crippen LogP contribution is -2.33. The van der Waals surface area contributed by atoms with Crippen LogP contribution in [0.1, 0.15) is 36.1 Å². The summed E-state index contributed by atoms with van der Waals surface area (Å²) in [7, 11) is -3.92. The molecule has 1 saturated heterocycles. The summed E-state index contributed by atoms with van der Waals surface area (Å²) in [5, 5.41) is 0. The fourth-order valence-corrected chi connectivity index (χ4v) is 5.60. The van der Waals surface area contributed by atoms with Gasteiger partial charge in [-0.1, -0.05) is 72.3 Å². The molecule has 2 atom stereocenters. The summed E-state index contributed by atoms with van der Waals surface area (Å²) in [4.78, 5) is 0.103. The van der Waals surface area contributed by atoms with Crippen LogP contribution in [0.15, 0.2) is 108 Å². The van der Waals surface area contributed by atoms with E-state index in [9.17, 15) is 8.42 Å². The molecular formula is C34H36O7S. The van der Waals surface area contributed by atoms with E-state index in [0.29, 0.717) is 12.4 Å². The number of rotatable bonds is 12. The van der Waals surface area contributed by atoms with Crippen molar-refractivity contribution >= 4 is 10.1 Å². The molecule has 0 bridgehead atoms. The lowest BCUT2D eigenvalue weighted by Gasteiger charge is -2.17. The van der Waals surface area contributed by atoms with E-state index in [1.165, 1.54) is 17.7 Å². The average molecular weight is 589 g/mol. The first-order chi connectivity index (χ1) is 20.1. The molecule has 0 amide bonds. The summed E-state index contributed by atoms with van der Waals surface area (Å²) in [5.74, 6) is 0.634. The van der Waals surface area contributed by atoms with E-state index in [1.807, 2.05) is 73.7 Å². The number of hydrogen-bond acceptors (Lipinski definition) is 7. The van der Waals surface area contributed by atoms with Gasteiger partial charge < -0.3 is 18.9 Å². The average Bonchev–Trinajstić information content (AvgIpc) is 3.29. The quantitative estimate of drug-likeness (QED) is 0.176. The Morgan fingerprint density at radius 1 is 0.667 bits per heavy atom. The highest BCUT2D eigenvalue weighted by Gasteiger charge is 2.42. The van der Waals surface area contributed by atoms with Crippen LogP contribution in [0, 0.1) is 6.92 Å². The van der Waals surface area contributed by atoms with Crippen molar-refractivity contribution in [1.82, 2.24) is 0 Å². The van der Waals surface area contributed by atoms with Crippen molar-refractivity contribution in [3.8, 4) is 11.5 Å². The standard InChI is InChI=1S/C34H36O7S/c1-25-9-19-31(20-10-25)42(35,36)39-24-33-32(40-34(2,3)41-33)23-38-30-17-13-27(14-18-30)21-26-11-15-29(16-12-26)37-22-28-7-5-4-6-8-28/h4-20,32-33H,21-24H2,1-3H3/t32-,33-/m0/s1. The molecule has 220 valence electrons. The first kappa shape index (κ1) is 29.8. The lowest BCUT2D eigenvalue weighted by atomic mass is 10.0. The van der Waals surface area contributed by atoms with Crippen molar-refractivity contribution in [1.29, 1.82) is 0 Å². The topological polar surface area (TPSA) is 80.3 Å². The van der Waals surface area contributed by atoms with Gasteiger partial charge in [0, 0.05) is 0 Å². The molecule has 0 radical (unpaired) electrons. The van der Waals surface area contributed by atoms with E-state index in [0.717, 1.165) is 28.9 Å². The number of hydrogen-bond donors (Lipinski definition) is 0. The molecule has 0 aromatic heterocycles. The number of ether oxygens (including phenoxy) is 4. The second-order valence-electron chi connectivity index (χ2n) is 10.8. The molecule has 5 rings (SSSR count). The molecule has 4 aromatic carbocycles. The highest BCUT2D eigenvalue weighted by Crippen LogP contribution is 2.30. The Balaban J connectivity index is 1.11. The fraction of sp³-hybridized carbons (Fsp3) is 0.294. The maximum atomic E-state index is 12.7. The van der Waals surface area contributed by atoms with Crippen molar-refractivity contribution in [3.05, 3.63) is 125 Å². The van der Waals surface area contributed by atoms with Crippen LogP contribution in [-0.4, -0.2) is 39.6 Å². The van der Waals surface area contributed by atoms with Gasteiger partial charge in [0.15, 0.2) is 5.79 Å². The van der Waals surface area contributed by atoms with E-state index in [-0.39, 0.29) is 18.1 Å². The van der Waals surface area contributed by atoms with Crippen molar-refractivity contribution in [2.24, 2.45) is 0 Å². The zero-order chi connectivity index (χ0) is 29.6. The zero-order valence-electron chi connectivity index (χ0n) is 24.1. The van der Waals surface area contributed by atoms with Gasteiger partial charge in [0.1, 0.15) is 36.9 Å². The summed E-state index contributed by atoms with van der Waals surface area (Å²) in [5.41, 5.74) is 4.43. The number of aryl methyl sites for hydroxylation is 1. The Hall–Kier alpha value is -3.69. The molecule has 0 N–H and O–H groups in total. The molecule has 1 heterocycles. The first-order valence-electron chi connectivity index (χ1n) is 13.9. The van der Waals surface area contributed by atoms with Gasteiger partial charge in [0.05, 0.1) is 11.5 Å². The zero-order valence-corrected chi connectivity index (χ0v) is 24.9. The highest BCUT2D eigenvalue weighted by atomic mass is 32.2. The molecular weight excluding hydrogens is 552 g/mol. The van der Waals surface area contributed by atoms with Gasteiger partial charge in [-0.2, -0.15) is 8.42 Å². The van der Waals surface area contributed by atoms with Crippen LogP contribution in [0.25, 0.3) is 0 Å². The Bertz CT molecular complexity index is 1530.